The fraction of sp³-hybridized carbons (Fsp3) is 0.455. The van der Waals surface area contributed by atoms with E-state index in [9.17, 15) is 4.21 Å². The summed E-state index contributed by atoms with van der Waals surface area (Å²) in [4.78, 5) is 0.925. The highest BCUT2D eigenvalue weighted by molar-refractivity contribution is 7.82. The van der Waals surface area contributed by atoms with Crippen LogP contribution in [-0.2, 0) is 11.0 Å². The lowest BCUT2D eigenvalue weighted by molar-refractivity contribution is 0.365. The fourth-order valence-corrected chi connectivity index (χ4v) is 2.99. The molecule has 1 aromatic carbocycles. The van der Waals surface area contributed by atoms with Gasteiger partial charge < -0.3 is 0 Å². The van der Waals surface area contributed by atoms with E-state index < -0.39 is 11.0 Å². The Balaban J connectivity index is 2.07. The number of hydrogen-bond donors (Lipinski definition) is 0. The van der Waals surface area contributed by atoms with E-state index in [1.54, 1.807) is 0 Å². The predicted octanol–water partition coefficient (Wildman–Crippen LogP) is 2.20. The molecule has 14 heavy (non-hydrogen) atoms. The second-order valence-corrected chi connectivity index (χ2v) is 5.04. The van der Waals surface area contributed by atoms with Crippen LogP contribution >= 0.6 is 0 Å². The van der Waals surface area contributed by atoms with Crippen LogP contribution in [0, 0.1) is 0 Å². The Hall–Kier alpha value is -0.670. The minimum Gasteiger partial charge on any atom is -0.237 e. The van der Waals surface area contributed by atoms with E-state index in [2.05, 4.69) is 4.31 Å². The van der Waals surface area contributed by atoms with Crippen molar-refractivity contribution in [2.24, 2.45) is 0 Å². The van der Waals surface area contributed by atoms with Crippen molar-refractivity contribution >= 4 is 11.0 Å². The summed E-state index contributed by atoms with van der Waals surface area (Å²) in [7, 11) is -0.937. The molecule has 1 aliphatic heterocycles. The van der Waals surface area contributed by atoms with Gasteiger partial charge in [-0.05, 0) is 25.0 Å². The summed E-state index contributed by atoms with van der Waals surface area (Å²) in [5, 5.41) is 0. The van der Waals surface area contributed by atoms with E-state index in [1.165, 1.54) is 19.3 Å². The maximum absolute atomic E-state index is 12.0. The van der Waals surface area contributed by atoms with Gasteiger partial charge in [0.1, 0.15) is 11.0 Å². The Morgan fingerprint density at radius 3 is 2.29 bits per heavy atom. The molecule has 0 bridgehead atoms. The summed E-state index contributed by atoms with van der Waals surface area (Å²) in [5.41, 5.74) is 0. The zero-order chi connectivity index (χ0) is 9.80. The van der Waals surface area contributed by atoms with Crippen LogP contribution in [0.4, 0.5) is 0 Å². The quantitative estimate of drug-likeness (QED) is 0.731. The molecule has 1 fully saturated rings. The number of piperidine rings is 1. The van der Waals surface area contributed by atoms with Crippen LogP contribution in [0.25, 0.3) is 0 Å². The maximum atomic E-state index is 12.0. The van der Waals surface area contributed by atoms with E-state index in [0.29, 0.717) is 0 Å². The van der Waals surface area contributed by atoms with Crippen LogP contribution in [0.15, 0.2) is 35.2 Å². The SMILES string of the molecule is O=[S@](c1ccccc1)N1CCCCC1. The Labute approximate surface area is 87.5 Å². The van der Waals surface area contributed by atoms with E-state index >= 15 is 0 Å². The highest BCUT2D eigenvalue weighted by Gasteiger charge is 2.17. The Kier molecular flexibility index (Phi) is 3.32. The Morgan fingerprint density at radius 2 is 1.64 bits per heavy atom. The third kappa shape index (κ3) is 2.22. The highest BCUT2D eigenvalue weighted by Crippen LogP contribution is 2.16. The zero-order valence-corrected chi connectivity index (χ0v) is 9.00. The van der Waals surface area contributed by atoms with Crippen LogP contribution in [0.3, 0.4) is 0 Å². The lowest BCUT2D eigenvalue weighted by Gasteiger charge is -2.24. The molecular weight excluding hydrogens is 194 g/mol. The van der Waals surface area contributed by atoms with Crippen molar-refractivity contribution < 1.29 is 4.21 Å². The Morgan fingerprint density at radius 1 is 1.00 bits per heavy atom. The molecule has 0 saturated carbocycles. The monoisotopic (exact) mass is 209 g/mol. The average molecular weight is 209 g/mol. The van der Waals surface area contributed by atoms with Gasteiger partial charge in [0.25, 0.3) is 0 Å². The van der Waals surface area contributed by atoms with Gasteiger partial charge >= 0.3 is 0 Å². The van der Waals surface area contributed by atoms with Gasteiger partial charge in [0.2, 0.25) is 0 Å². The second-order valence-electron chi connectivity index (χ2n) is 3.55. The summed E-state index contributed by atoms with van der Waals surface area (Å²) in [6.07, 6.45) is 3.64. The van der Waals surface area contributed by atoms with Crippen molar-refractivity contribution in [1.29, 1.82) is 0 Å². The van der Waals surface area contributed by atoms with Gasteiger partial charge in [-0.1, -0.05) is 24.6 Å². The van der Waals surface area contributed by atoms with Crippen molar-refractivity contribution in [3.05, 3.63) is 30.3 Å². The zero-order valence-electron chi connectivity index (χ0n) is 8.19. The van der Waals surface area contributed by atoms with Crippen molar-refractivity contribution in [1.82, 2.24) is 4.31 Å². The van der Waals surface area contributed by atoms with Crippen molar-refractivity contribution in [2.75, 3.05) is 13.1 Å². The first-order chi connectivity index (χ1) is 6.88. The fourth-order valence-electron chi connectivity index (χ4n) is 1.72. The van der Waals surface area contributed by atoms with Crippen LogP contribution in [-0.4, -0.2) is 21.6 Å². The normalized spacial score (nSPS) is 20.6. The van der Waals surface area contributed by atoms with Crippen LogP contribution in [0.1, 0.15) is 19.3 Å². The van der Waals surface area contributed by atoms with Gasteiger partial charge in [-0.2, -0.15) is 0 Å². The van der Waals surface area contributed by atoms with Gasteiger partial charge in [-0.3, -0.25) is 0 Å². The molecule has 2 nitrogen and oxygen atoms in total. The molecule has 1 heterocycles. The number of rotatable bonds is 2. The topological polar surface area (TPSA) is 20.3 Å². The first kappa shape index (κ1) is 9.87. The average Bonchev–Trinajstić information content (AvgIpc) is 2.30. The number of hydrogen-bond acceptors (Lipinski definition) is 1. The van der Waals surface area contributed by atoms with Gasteiger partial charge in [0.15, 0.2) is 0 Å². The molecule has 76 valence electrons. The molecule has 1 saturated heterocycles. The molecule has 0 N–H and O–H groups in total. The van der Waals surface area contributed by atoms with E-state index in [4.69, 9.17) is 0 Å². The van der Waals surface area contributed by atoms with E-state index in [0.717, 1.165) is 18.0 Å². The lowest BCUT2D eigenvalue weighted by atomic mass is 10.2. The van der Waals surface area contributed by atoms with Crippen molar-refractivity contribution in [3.63, 3.8) is 0 Å². The molecule has 1 aromatic rings. The van der Waals surface area contributed by atoms with E-state index in [-0.39, 0.29) is 0 Å². The van der Waals surface area contributed by atoms with Gasteiger partial charge in [-0.25, -0.2) is 8.51 Å². The van der Waals surface area contributed by atoms with Gasteiger partial charge in [-0.15, -0.1) is 0 Å². The molecule has 3 heteroatoms. The smallest absolute Gasteiger partial charge is 0.127 e. The summed E-state index contributed by atoms with van der Waals surface area (Å²) < 4.78 is 14.1. The molecule has 0 unspecified atom stereocenters. The molecule has 1 aliphatic rings. The predicted molar refractivity (Wildman–Crippen MR) is 58.3 cm³/mol. The summed E-state index contributed by atoms with van der Waals surface area (Å²) in [6.45, 7) is 1.95. The summed E-state index contributed by atoms with van der Waals surface area (Å²) in [6, 6.07) is 9.71. The third-order valence-corrected chi connectivity index (χ3v) is 4.00. The number of benzene rings is 1. The minimum absolute atomic E-state index is 0.925. The standard InChI is InChI=1S/C11H15NOS/c13-14(11-7-3-1-4-8-11)12-9-5-2-6-10-12/h1,3-4,7-8H,2,5-6,9-10H2/t14-/m1/s1. The molecule has 2 rings (SSSR count). The molecule has 1 atom stereocenters. The molecule has 0 amide bonds. The molecular formula is C11H15NOS. The molecule has 0 aliphatic carbocycles. The summed E-state index contributed by atoms with van der Waals surface area (Å²) in [5.74, 6) is 0. The van der Waals surface area contributed by atoms with Crippen LogP contribution < -0.4 is 0 Å². The first-order valence-electron chi connectivity index (χ1n) is 5.10. The Bertz CT molecular complexity index is 306. The summed E-state index contributed by atoms with van der Waals surface area (Å²) >= 11 is 0. The number of nitrogens with zero attached hydrogens (tertiary/aromatic N) is 1. The van der Waals surface area contributed by atoms with E-state index in [1.807, 2.05) is 30.3 Å². The maximum Gasteiger partial charge on any atom is 0.127 e. The first-order valence-corrected chi connectivity index (χ1v) is 6.20. The lowest BCUT2D eigenvalue weighted by Crippen LogP contribution is -2.31. The third-order valence-electron chi connectivity index (χ3n) is 2.49. The minimum atomic E-state index is -0.937. The van der Waals surface area contributed by atoms with Gasteiger partial charge in [0, 0.05) is 13.1 Å². The molecule has 0 spiro atoms. The highest BCUT2D eigenvalue weighted by atomic mass is 32.2. The second kappa shape index (κ2) is 4.71. The largest absolute Gasteiger partial charge is 0.237 e. The van der Waals surface area contributed by atoms with Crippen LogP contribution in [0.5, 0.6) is 0 Å². The van der Waals surface area contributed by atoms with Crippen molar-refractivity contribution in [3.8, 4) is 0 Å². The van der Waals surface area contributed by atoms with Gasteiger partial charge in [0.05, 0.1) is 4.90 Å². The molecule has 0 aromatic heterocycles. The van der Waals surface area contributed by atoms with Crippen LogP contribution in [0.2, 0.25) is 0 Å². The molecule has 0 radical (unpaired) electrons. The van der Waals surface area contributed by atoms with Crippen molar-refractivity contribution in [2.45, 2.75) is 24.2 Å².